The fraction of sp³-hybridized carbons (Fsp3) is 0.545. The second-order valence-corrected chi connectivity index (χ2v) is 8.58. The van der Waals surface area contributed by atoms with Crippen LogP contribution in [0.2, 0.25) is 0 Å². The molecule has 10 nitrogen and oxygen atoms in total. The Morgan fingerprint density at radius 3 is 2.23 bits per heavy atom. The molecule has 192 valence electrons. The number of ether oxygens (including phenoxy) is 2. The molecule has 35 heavy (non-hydrogen) atoms. The summed E-state index contributed by atoms with van der Waals surface area (Å²) in [5.41, 5.74) is 5.42. The van der Waals surface area contributed by atoms with Crippen LogP contribution in [0.15, 0.2) is 24.3 Å². The number of halogens is 3. The average Bonchev–Trinajstić information content (AvgIpc) is 3.51. The Morgan fingerprint density at radius 2 is 1.69 bits per heavy atom. The van der Waals surface area contributed by atoms with E-state index in [2.05, 4.69) is 20.7 Å². The molecule has 4 amide bonds. The molecule has 1 aliphatic carbocycles. The molecule has 1 heterocycles. The minimum Gasteiger partial charge on any atom is -0.484 e. The van der Waals surface area contributed by atoms with Gasteiger partial charge in [-0.25, -0.2) is 0 Å². The summed E-state index contributed by atoms with van der Waals surface area (Å²) in [5, 5.41) is 7.77. The highest BCUT2D eigenvalue weighted by atomic mass is 19.4. The van der Waals surface area contributed by atoms with E-state index in [9.17, 15) is 32.3 Å². The van der Waals surface area contributed by atoms with Crippen LogP contribution in [0.5, 0.6) is 11.5 Å². The quantitative estimate of drug-likeness (QED) is 0.333. The maximum absolute atomic E-state index is 12.9. The van der Waals surface area contributed by atoms with E-state index < -0.39 is 54.4 Å². The zero-order valence-electron chi connectivity index (χ0n) is 18.7. The highest BCUT2D eigenvalue weighted by molar-refractivity contribution is 5.92. The molecule has 13 heteroatoms. The number of nitrogens with two attached hydrogens (primary N) is 1. The topological polar surface area (TPSA) is 149 Å². The van der Waals surface area contributed by atoms with Crippen molar-refractivity contribution in [2.75, 3.05) is 13.2 Å². The molecule has 0 radical (unpaired) electrons. The lowest BCUT2D eigenvalue weighted by Crippen LogP contribution is -2.54. The summed E-state index contributed by atoms with van der Waals surface area (Å²) in [4.78, 5) is 48.9. The minimum absolute atomic E-state index is 0.0637. The van der Waals surface area contributed by atoms with Gasteiger partial charge in [-0.2, -0.15) is 0 Å². The number of primary amides is 1. The number of rotatable bonds is 12. The third kappa shape index (κ3) is 8.65. The first-order valence-corrected chi connectivity index (χ1v) is 11.2. The fourth-order valence-corrected chi connectivity index (χ4v) is 3.71. The molecule has 1 saturated carbocycles. The molecule has 1 aromatic carbocycles. The third-order valence-electron chi connectivity index (χ3n) is 5.69. The second kappa shape index (κ2) is 11.3. The largest absolute Gasteiger partial charge is 0.573 e. The van der Waals surface area contributed by atoms with Crippen LogP contribution in [0.3, 0.4) is 0 Å². The first kappa shape index (κ1) is 26.1. The predicted molar refractivity (Wildman–Crippen MR) is 115 cm³/mol. The average molecular weight is 500 g/mol. The first-order valence-electron chi connectivity index (χ1n) is 11.2. The van der Waals surface area contributed by atoms with Gasteiger partial charge in [0, 0.05) is 12.5 Å². The van der Waals surface area contributed by atoms with Crippen molar-refractivity contribution in [3.8, 4) is 11.5 Å². The van der Waals surface area contributed by atoms with Gasteiger partial charge in [-0.3, -0.25) is 19.2 Å². The van der Waals surface area contributed by atoms with Crippen molar-refractivity contribution >= 4 is 23.6 Å². The zero-order valence-corrected chi connectivity index (χ0v) is 18.7. The summed E-state index contributed by atoms with van der Waals surface area (Å²) >= 11 is 0. The Morgan fingerprint density at radius 1 is 1.03 bits per heavy atom. The first-order chi connectivity index (χ1) is 16.5. The van der Waals surface area contributed by atoms with Crippen LogP contribution < -0.4 is 31.2 Å². The second-order valence-electron chi connectivity index (χ2n) is 8.58. The van der Waals surface area contributed by atoms with Gasteiger partial charge in [0.1, 0.15) is 23.6 Å². The normalized spacial score (nSPS) is 19.3. The van der Waals surface area contributed by atoms with Gasteiger partial charge in [0.15, 0.2) is 6.61 Å². The monoisotopic (exact) mass is 500 g/mol. The lowest BCUT2D eigenvalue weighted by molar-refractivity contribution is -0.274. The van der Waals surface area contributed by atoms with E-state index in [0.29, 0.717) is 19.4 Å². The van der Waals surface area contributed by atoms with E-state index in [1.54, 1.807) is 0 Å². The Bertz CT molecular complexity index is 936. The summed E-state index contributed by atoms with van der Waals surface area (Å²) in [6.07, 6.45) is -2.06. The van der Waals surface area contributed by atoms with E-state index in [-0.39, 0.29) is 24.0 Å². The fourth-order valence-electron chi connectivity index (χ4n) is 3.71. The van der Waals surface area contributed by atoms with Crippen LogP contribution in [-0.2, 0) is 19.2 Å². The predicted octanol–water partition coefficient (Wildman–Crippen LogP) is 0.745. The van der Waals surface area contributed by atoms with Crippen molar-refractivity contribution in [3.05, 3.63) is 24.3 Å². The summed E-state index contributed by atoms with van der Waals surface area (Å²) in [6, 6.07) is 2.49. The Balaban J connectivity index is 1.53. The highest BCUT2D eigenvalue weighted by Crippen LogP contribution is 2.33. The van der Waals surface area contributed by atoms with Crippen LogP contribution in [0, 0.1) is 11.8 Å². The standard InChI is InChI=1S/C22H27F3N4O6/c23-22(24,25)35-15-5-3-14(4-6-15)34-11-18(30)28-17(9-12-1-2-12)21(33)29-16(19(26)31)10-13-7-8-27-20(13)32/h3-6,12-13,16-17H,1-2,7-11H2,(H2,26,31)(H,27,32)(H,28,30)(H,29,33)/t13-,16-,17-/m0/s1. The molecule has 1 aromatic rings. The number of nitrogens with one attached hydrogen (secondary N) is 3. The summed E-state index contributed by atoms with van der Waals surface area (Å²) in [7, 11) is 0. The lowest BCUT2D eigenvalue weighted by atomic mass is 9.97. The number of hydrogen-bond donors (Lipinski definition) is 4. The maximum Gasteiger partial charge on any atom is 0.573 e. The molecular weight excluding hydrogens is 473 g/mol. The van der Waals surface area contributed by atoms with Crippen molar-refractivity contribution in [1.29, 1.82) is 0 Å². The molecule has 0 spiro atoms. The number of hydrogen-bond acceptors (Lipinski definition) is 6. The molecule has 2 aliphatic rings. The van der Waals surface area contributed by atoms with Gasteiger partial charge in [-0.1, -0.05) is 12.8 Å². The van der Waals surface area contributed by atoms with Crippen molar-refractivity contribution in [3.63, 3.8) is 0 Å². The molecule has 5 N–H and O–H groups in total. The van der Waals surface area contributed by atoms with Crippen LogP contribution in [0.25, 0.3) is 0 Å². The third-order valence-corrected chi connectivity index (χ3v) is 5.69. The van der Waals surface area contributed by atoms with E-state index in [1.807, 2.05) is 0 Å². The van der Waals surface area contributed by atoms with Gasteiger partial charge < -0.3 is 31.2 Å². The molecule has 3 rings (SSSR count). The van der Waals surface area contributed by atoms with Gasteiger partial charge in [-0.15, -0.1) is 13.2 Å². The summed E-state index contributed by atoms with van der Waals surface area (Å²) < 4.78 is 45.8. The van der Waals surface area contributed by atoms with Crippen LogP contribution >= 0.6 is 0 Å². The smallest absolute Gasteiger partial charge is 0.484 e. The van der Waals surface area contributed by atoms with E-state index in [4.69, 9.17) is 10.5 Å². The summed E-state index contributed by atoms with van der Waals surface area (Å²) in [6.45, 7) is -0.00319. The van der Waals surface area contributed by atoms with Crippen molar-refractivity contribution in [2.45, 2.75) is 50.6 Å². The van der Waals surface area contributed by atoms with Crippen molar-refractivity contribution < 1.29 is 41.8 Å². The number of carbonyl (C=O) groups excluding carboxylic acids is 4. The number of carbonyl (C=O) groups is 4. The van der Waals surface area contributed by atoms with Crippen LogP contribution in [0.1, 0.15) is 32.1 Å². The number of benzene rings is 1. The van der Waals surface area contributed by atoms with Crippen LogP contribution in [0.4, 0.5) is 13.2 Å². The van der Waals surface area contributed by atoms with Crippen molar-refractivity contribution in [2.24, 2.45) is 17.6 Å². The molecule has 1 aliphatic heterocycles. The van der Waals surface area contributed by atoms with E-state index in [0.717, 1.165) is 25.0 Å². The molecule has 3 atom stereocenters. The molecule has 2 fully saturated rings. The highest BCUT2D eigenvalue weighted by Gasteiger charge is 2.35. The van der Waals surface area contributed by atoms with Gasteiger partial charge >= 0.3 is 6.36 Å². The van der Waals surface area contributed by atoms with E-state index in [1.165, 1.54) is 12.1 Å². The van der Waals surface area contributed by atoms with Gasteiger partial charge in [0.2, 0.25) is 17.7 Å². The Labute approximate surface area is 199 Å². The number of amides is 4. The lowest BCUT2D eigenvalue weighted by Gasteiger charge is -2.23. The van der Waals surface area contributed by atoms with Gasteiger partial charge in [0.25, 0.3) is 5.91 Å². The van der Waals surface area contributed by atoms with Crippen molar-refractivity contribution in [1.82, 2.24) is 16.0 Å². The molecule has 1 saturated heterocycles. The Kier molecular flexibility index (Phi) is 8.41. The molecule has 0 aromatic heterocycles. The molecule has 0 unspecified atom stereocenters. The zero-order chi connectivity index (χ0) is 25.6. The van der Waals surface area contributed by atoms with Gasteiger partial charge in [0.05, 0.1) is 0 Å². The minimum atomic E-state index is -4.82. The number of alkyl halides is 3. The maximum atomic E-state index is 12.9. The van der Waals surface area contributed by atoms with Crippen LogP contribution in [-0.4, -0.2) is 55.2 Å². The van der Waals surface area contributed by atoms with Gasteiger partial charge in [-0.05, 0) is 49.4 Å². The molecule has 0 bridgehead atoms. The molecular formula is C22H27F3N4O6. The summed E-state index contributed by atoms with van der Waals surface area (Å²) in [5.74, 6) is -2.71. The van der Waals surface area contributed by atoms with E-state index >= 15 is 0 Å². The SMILES string of the molecule is NC(=O)[C@H](C[C@@H]1CCNC1=O)NC(=O)[C@H](CC1CC1)NC(=O)COc1ccc(OC(F)(F)F)cc1. The Hall–Kier alpha value is -3.51.